The van der Waals surface area contributed by atoms with Gasteiger partial charge in [0.05, 0.1) is 18.3 Å². The summed E-state index contributed by atoms with van der Waals surface area (Å²) in [7, 11) is 1.58. The average molecular weight is 399 g/mol. The smallest absolute Gasteiger partial charge is 0.249 e. The van der Waals surface area contributed by atoms with Gasteiger partial charge in [-0.05, 0) is 56.3 Å². The van der Waals surface area contributed by atoms with E-state index in [0.717, 1.165) is 24.5 Å². The molecule has 0 spiro atoms. The molecule has 3 aromatic rings. The largest absolute Gasteiger partial charge is 0.495 e. The highest BCUT2D eigenvalue weighted by Crippen LogP contribution is 2.28. The minimum Gasteiger partial charge on any atom is -0.495 e. The molecule has 0 fully saturated rings. The third kappa shape index (κ3) is 4.80. The van der Waals surface area contributed by atoms with Crippen LogP contribution in [-0.4, -0.2) is 35.4 Å². The van der Waals surface area contributed by atoms with Gasteiger partial charge in [0.1, 0.15) is 5.75 Å². The van der Waals surface area contributed by atoms with Crippen LogP contribution in [0.2, 0.25) is 5.02 Å². The van der Waals surface area contributed by atoms with Crippen LogP contribution < -0.4 is 20.3 Å². The molecule has 0 bridgehead atoms. The van der Waals surface area contributed by atoms with Crippen LogP contribution >= 0.6 is 11.6 Å². The topological polar surface area (TPSA) is 75.2 Å². The first-order valence-corrected chi connectivity index (χ1v) is 9.43. The van der Waals surface area contributed by atoms with Gasteiger partial charge in [-0.1, -0.05) is 11.6 Å². The molecule has 1 aromatic heterocycles. The van der Waals surface area contributed by atoms with Crippen molar-refractivity contribution < 1.29 is 4.74 Å². The molecule has 0 aliphatic carbocycles. The molecule has 1 heterocycles. The number of aromatic nitrogens is 3. The van der Waals surface area contributed by atoms with Crippen LogP contribution in [0.25, 0.3) is 0 Å². The van der Waals surface area contributed by atoms with E-state index >= 15 is 0 Å². The first-order chi connectivity index (χ1) is 13.6. The molecule has 0 radical (unpaired) electrons. The van der Waals surface area contributed by atoms with Crippen molar-refractivity contribution in [2.75, 3.05) is 35.7 Å². The molecular weight excluding hydrogens is 376 g/mol. The van der Waals surface area contributed by atoms with Gasteiger partial charge in [0.15, 0.2) is 5.82 Å². The zero-order valence-corrected chi connectivity index (χ0v) is 16.9. The molecule has 28 heavy (non-hydrogen) atoms. The monoisotopic (exact) mass is 398 g/mol. The first-order valence-electron chi connectivity index (χ1n) is 9.05. The fourth-order valence-electron chi connectivity index (χ4n) is 2.78. The summed E-state index contributed by atoms with van der Waals surface area (Å²) in [6.07, 6.45) is 1.55. The van der Waals surface area contributed by atoms with Gasteiger partial charge in [-0.2, -0.15) is 10.1 Å². The van der Waals surface area contributed by atoms with E-state index in [1.54, 1.807) is 25.4 Å². The van der Waals surface area contributed by atoms with E-state index in [9.17, 15) is 0 Å². The summed E-state index contributed by atoms with van der Waals surface area (Å²) in [5.74, 6) is 1.57. The van der Waals surface area contributed by atoms with Crippen LogP contribution in [0.5, 0.6) is 5.75 Å². The van der Waals surface area contributed by atoms with Crippen LogP contribution in [0.1, 0.15) is 13.8 Å². The maximum atomic E-state index is 6.16. The normalized spacial score (nSPS) is 10.4. The van der Waals surface area contributed by atoms with Crippen LogP contribution in [0.15, 0.2) is 48.7 Å². The molecule has 8 heteroatoms. The Morgan fingerprint density at radius 2 is 1.71 bits per heavy atom. The second-order valence-corrected chi connectivity index (χ2v) is 6.39. The van der Waals surface area contributed by atoms with Crippen molar-refractivity contribution in [1.82, 2.24) is 15.2 Å². The maximum Gasteiger partial charge on any atom is 0.249 e. The first kappa shape index (κ1) is 19.7. The number of halogens is 1. The van der Waals surface area contributed by atoms with Crippen molar-refractivity contribution >= 4 is 40.4 Å². The summed E-state index contributed by atoms with van der Waals surface area (Å²) in [6.45, 7) is 6.23. The highest BCUT2D eigenvalue weighted by atomic mass is 35.5. The molecular formula is C20H23ClN6O. The van der Waals surface area contributed by atoms with Crippen molar-refractivity contribution in [3.05, 3.63) is 53.7 Å². The van der Waals surface area contributed by atoms with Crippen LogP contribution in [0.3, 0.4) is 0 Å². The molecule has 146 valence electrons. The van der Waals surface area contributed by atoms with E-state index in [1.165, 1.54) is 5.69 Å². The lowest BCUT2D eigenvalue weighted by molar-refractivity contribution is 0.415. The summed E-state index contributed by atoms with van der Waals surface area (Å²) in [5, 5.41) is 14.9. The van der Waals surface area contributed by atoms with Crippen LogP contribution in [0.4, 0.5) is 28.8 Å². The van der Waals surface area contributed by atoms with Crippen molar-refractivity contribution in [3.63, 3.8) is 0 Å². The molecule has 0 aliphatic rings. The Hall–Kier alpha value is -3.06. The van der Waals surface area contributed by atoms with Gasteiger partial charge >= 0.3 is 0 Å². The number of rotatable bonds is 8. The molecule has 0 aliphatic heterocycles. The van der Waals surface area contributed by atoms with E-state index in [4.69, 9.17) is 16.3 Å². The van der Waals surface area contributed by atoms with E-state index < -0.39 is 0 Å². The molecule has 2 N–H and O–H groups in total. The molecule has 0 atom stereocenters. The molecule has 3 rings (SSSR count). The molecule has 2 aromatic carbocycles. The number of ether oxygens (including phenoxy) is 1. The Balaban J connectivity index is 1.70. The van der Waals surface area contributed by atoms with E-state index in [-0.39, 0.29) is 0 Å². The van der Waals surface area contributed by atoms with Crippen molar-refractivity contribution in [2.45, 2.75) is 13.8 Å². The van der Waals surface area contributed by atoms with Crippen molar-refractivity contribution in [2.24, 2.45) is 0 Å². The Labute approximate surface area is 169 Å². The SMILES string of the molecule is CCN(CC)c1ccc(Nc2nncc(Nc3ccc(OC)c(Cl)c3)n2)cc1. The molecule has 0 unspecified atom stereocenters. The predicted molar refractivity (Wildman–Crippen MR) is 114 cm³/mol. The fourth-order valence-corrected chi connectivity index (χ4v) is 3.04. The standard InChI is InChI=1S/C20H23ClN6O/c1-4-27(5-2)16-9-6-14(7-10-16)24-20-25-19(13-22-26-20)23-15-8-11-18(28-3)17(21)12-15/h6-13H,4-5H2,1-3H3,(H2,23,24,25,26). The third-order valence-electron chi connectivity index (χ3n) is 4.24. The van der Waals surface area contributed by atoms with E-state index in [2.05, 4.69) is 56.7 Å². The number of nitrogens with one attached hydrogen (secondary N) is 2. The number of hydrogen-bond donors (Lipinski definition) is 2. The fraction of sp³-hybridized carbons (Fsp3) is 0.250. The van der Waals surface area contributed by atoms with Gasteiger partial charge in [0, 0.05) is 30.2 Å². The highest BCUT2D eigenvalue weighted by molar-refractivity contribution is 6.32. The molecule has 0 saturated carbocycles. The third-order valence-corrected chi connectivity index (χ3v) is 4.53. The van der Waals surface area contributed by atoms with Gasteiger partial charge in [-0.3, -0.25) is 0 Å². The quantitative estimate of drug-likeness (QED) is 0.560. The minimum absolute atomic E-state index is 0.403. The van der Waals surface area contributed by atoms with E-state index in [1.807, 2.05) is 18.2 Å². The summed E-state index contributed by atoms with van der Waals surface area (Å²) < 4.78 is 5.16. The van der Waals surface area contributed by atoms with Gasteiger partial charge in [0.2, 0.25) is 5.95 Å². The number of benzene rings is 2. The van der Waals surface area contributed by atoms with Gasteiger partial charge in [0.25, 0.3) is 0 Å². The number of methoxy groups -OCH3 is 1. The maximum absolute atomic E-state index is 6.16. The molecule has 0 saturated heterocycles. The molecule has 7 nitrogen and oxygen atoms in total. The Bertz CT molecular complexity index is 915. The van der Waals surface area contributed by atoms with Crippen molar-refractivity contribution in [3.8, 4) is 5.75 Å². The average Bonchev–Trinajstić information content (AvgIpc) is 2.71. The van der Waals surface area contributed by atoms with E-state index in [0.29, 0.717) is 22.5 Å². The minimum atomic E-state index is 0.403. The molecule has 0 amide bonds. The Morgan fingerprint density at radius 1 is 1.00 bits per heavy atom. The lowest BCUT2D eigenvalue weighted by Crippen LogP contribution is -2.21. The summed E-state index contributed by atoms with van der Waals surface area (Å²) in [4.78, 5) is 6.73. The Kier molecular flexibility index (Phi) is 6.49. The summed E-state index contributed by atoms with van der Waals surface area (Å²) >= 11 is 6.16. The lowest BCUT2D eigenvalue weighted by atomic mass is 10.2. The zero-order valence-electron chi connectivity index (χ0n) is 16.1. The van der Waals surface area contributed by atoms with Crippen molar-refractivity contribution in [1.29, 1.82) is 0 Å². The van der Waals surface area contributed by atoms with Crippen LogP contribution in [0, 0.1) is 0 Å². The lowest BCUT2D eigenvalue weighted by Gasteiger charge is -2.21. The second kappa shape index (κ2) is 9.23. The van der Waals surface area contributed by atoms with Gasteiger partial charge < -0.3 is 20.3 Å². The second-order valence-electron chi connectivity index (χ2n) is 5.98. The highest BCUT2D eigenvalue weighted by Gasteiger charge is 2.06. The van der Waals surface area contributed by atoms with Gasteiger partial charge in [-0.15, -0.1) is 5.10 Å². The number of hydrogen-bond acceptors (Lipinski definition) is 7. The number of anilines is 5. The Morgan fingerprint density at radius 3 is 2.36 bits per heavy atom. The predicted octanol–water partition coefficient (Wildman–Crippen LogP) is 4.87. The summed E-state index contributed by atoms with van der Waals surface area (Å²) in [5.41, 5.74) is 2.85. The summed E-state index contributed by atoms with van der Waals surface area (Å²) in [6, 6.07) is 13.6. The number of nitrogens with zero attached hydrogens (tertiary/aromatic N) is 4. The van der Waals surface area contributed by atoms with Crippen LogP contribution in [-0.2, 0) is 0 Å². The van der Waals surface area contributed by atoms with Gasteiger partial charge in [-0.25, -0.2) is 0 Å². The zero-order chi connectivity index (χ0) is 19.9.